The summed E-state index contributed by atoms with van der Waals surface area (Å²) in [5.41, 5.74) is 2.33. The predicted octanol–water partition coefficient (Wildman–Crippen LogP) is 3.70. The zero-order valence-electron chi connectivity index (χ0n) is 14.5. The van der Waals surface area contributed by atoms with Crippen LogP contribution in [0.1, 0.15) is 38.7 Å². The number of allylic oxidation sites excluding steroid dienone is 1. The number of hydrogen-bond acceptors (Lipinski definition) is 4. The van der Waals surface area contributed by atoms with Gasteiger partial charge in [-0.05, 0) is 38.7 Å². The maximum atomic E-state index is 12.1. The third-order valence-electron chi connectivity index (χ3n) is 4.42. The molecule has 1 aromatic carbocycles. The molecule has 0 N–H and O–H groups in total. The highest BCUT2D eigenvalue weighted by Gasteiger charge is 2.35. The minimum absolute atomic E-state index is 0.0590. The topological polar surface area (TPSA) is 52.6 Å². The fraction of sp³-hybridized carbons (Fsp3) is 0.500. The van der Waals surface area contributed by atoms with Gasteiger partial charge in [0.25, 0.3) is 0 Å². The summed E-state index contributed by atoms with van der Waals surface area (Å²) in [4.78, 5) is 23.9. The molecule has 1 aliphatic carbocycles. The second kappa shape index (κ2) is 9.38. The van der Waals surface area contributed by atoms with Gasteiger partial charge in [-0.15, -0.1) is 0 Å². The summed E-state index contributed by atoms with van der Waals surface area (Å²) in [6, 6.07) is 10.0. The standard InChI is InChI=1S/C20H26O4/c1-3-24-20(22)19-13-16(9-10-18(19)15(2)21)11-12-23-14-17-7-5-4-6-8-17/h4-9,18-19H,3,10-14H2,1-2H3/t18-,19+/m0/s1. The van der Waals surface area contributed by atoms with E-state index in [0.29, 0.717) is 32.7 Å². The van der Waals surface area contributed by atoms with Crippen molar-refractivity contribution in [1.82, 2.24) is 0 Å². The summed E-state index contributed by atoms with van der Waals surface area (Å²) in [6.07, 6.45) is 4.09. The molecular weight excluding hydrogens is 304 g/mol. The first-order valence-electron chi connectivity index (χ1n) is 8.58. The molecule has 4 nitrogen and oxygen atoms in total. The number of ketones is 1. The summed E-state index contributed by atoms with van der Waals surface area (Å²) in [5, 5.41) is 0. The number of carbonyl (C=O) groups is 2. The first kappa shape index (κ1) is 18.4. The third kappa shape index (κ3) is 5.31. The minimum Gasteiger partial charge on any atom is -0.466 e. The highest BCUT2D eigenvalue weighted by Crippen LogP contribution is 2.33. The van der Waals surface area contributed by atoms with E-state index in [1.807, 2.05) is 30.3 Å². The van der Waals surface area contributed by atoms with Crippen molar-refractivity contribution in [1.29, 1.82) is 0 Å². The van der Waals surface area contributed by atoms with E-state index >= 15 is 0 Å². The van der Waals surface area contributed by atoms with Crippen molar-refractivity contribution in [2.45, 2.75) is 39.7 Å². The van der Waals surface area contributed by atoms with Crippen LogP contribution in [0.2, 0.25) is 0 Å². The second-order valence-corrected chi connectivity index (χ2v) is 6.17. The molecule has 130 valence electrons. The quantitative estimate of drug-likeness (QED) is 0.414. The molecule has 1 aromatic rings. The average Bonchev–Trinajstić information content (AvgIpc) is 2.59. The van der Waals surface area contributed by atoms with Crippen molar-refractivity contribution in [2.24, 2.45) is 11.8 Å². The van der Waals surface area contributed by atoms with Crippen LogP contribution in [0.4, 0.5) is 0 Å². The number of benzene rings is 1. The predicted molar refractivity (Wildman–Crippen MR) is 92.3 cm³/mol. The molecule has 0 saturated heterocycles. The molecule has 0 spiro atoms. The normalized spacial score (nSPS) is 20.3. The Labute approximate surface area is 143 Å². The highest BCUT2D eigenvalue weighted by molar-refractivity contribution is 5.85. The summed E-state index contributed by atoms with van der Waals surface area (Å²) >= 11 is 0. The van der Waals surface area contributed by atoms with Crippen LogP contribution in [0.5, 0.6) is 0 Å². The second-order valence-electron chi connectivity index (χ2n) is 6.17. The maximum absolute atomic E-state index is 12.1. The van der Waals surface area contributed by atoms with Crippen molar-refractivity contribution in [3.05, 3.63) is 47.5 Å². The van der Waals surface area contributed by atoms with Gasteiger partial charge in [0.2, 0.25) is 0 Å². The van der Waals surface area contributed by atoms with Crippen LogP contribution in [0.3, 0.4) is 0 Å². The van der Waals surface area contributed by atoms with Gasteiger partial charge < -0.3 is 9.47 Å². The zero-order valence-corrected chi connectivity index (χ0v) is 14.5. The molecule has 2 atom stereocenters. The molecule has 24 heavy (non-hydrogen) atoms. The first-order chi connectivity index (χ1) is 11.6. The SMILES string of the molecule is CCOC(=O)[C@@H]1CC(CCOCc2ccccc2)=CC[C@H]1C(C)=O. The fourth-order valence-electron chi connectivity index (χ4n) is 3.08. The van der Waals surface area contributed by atoms with Crippen LogP contribution in [0, 0.1) is 11.8 Å². The van der Waals surface area contributed by atoms with Crippen molar-refractivity contribution < 1.29 is 19.1 Å². The van der Waals surface area contributed by atoms with E-state index in [1.54, 1.807) is 13.8 Å². The number of ether oxygens (including phenoxy) is 2. The molecular formula is C20H26O4. The van der Waals surface area contributed by atoms with Gasteiger partial charge in [0, 0.05) is 5.92 Å². The average molecular weight is 330 g/mol. The molecule has 0 radical (unpaired) electrons. The Morgan fingerprint density at radius 3 is 2.58 bits per heavy atom. The fourth-order valence-corrected chi connectivity index (χ4v) is 3.08. The Bertz CT molecular complexity index is 577. The molecule has 0 aliphatic heterocycles. The van der Waals surface area contributed by atoms with Gasteiger partial charge in [-0.25, -0.2) is 0 Å². The Kier molecular flexibility index (Phi) is 7.19. The lowest BCUT2D eigenvalue weighted by Crippen LogP contribution is -2.32. The molecule has 4 heteroatoms. The molecule has 2 rings (SSSR count). The zero-order chi connectivity index (χ0) is 17.4. The number of hydrogen-bond donors (Lipinski definition) is 0. The van der Waals surface area contributed by atoms with Crippen molar-refractivity contribution in [2.75, 3.05) is 13.2 Å². The lowest BCUT2D eigenvalue weighted by Gasteiger charge is -2.28. The van der Waals surface area contributed by atoms with Crippen LogP contribution in [-0.4, -0.2) is 25.0 Å². The third-order valence-corrected chi connectivity index (χ3v) is 4.42. The lowest BCUT2D eigenvalue weighted by molar-refractivity contribution is -0.152. The Morgan fingerprint density at radius 2 is 1.92 bits per heavy atom. The monoisotopic (exact) mass is 330 g/mol. The van der Waals surface area contributed by atoms with Gasteiger partial charge >= 0.3 is 5.97 Å². The minimum atomic E-state index is -0.350. The van der Waals surface area contributed by atoms with Crippen molar-refractivity contribution >= 4 is 11.8 Å². The molecule has 0 unspecified atom stereocenters. The summed E-state index contributed by atoms with van der Waals surface area (Å²) < 4.78 is 10.9. The number of rotatable bonds is 8. The van der Waals surface area contributed by atoms with Gasteiger partial charge in [-0.3, -0.25) is 9.59 Å². The molecule has 0 aromatic heterocycles. The van der Waals surface area contributed by atoms with Gasteiger partial charge in [0.15, 0.2) is 0 Å². The lowest BCUT2D eigenvalue weighted by atomic mass is 9.77. The molecule has 0 saturated carbocycles. The highest BCUT2D eigenvalue weighted by atomic mass is 16.5. The van der Waals surface area contributed by atoms with Crippen LogP contribution >= 0.6 is 0 Å². The molecule has 0 amide bonds. The summed E-state index contributed by atoms with van der Waals surface area (Å²) in [6.45, 7) is 4.89. The Hall–Kier alpha value is -1.94. The van der Waals surface area contributed by atoms with E-state index in [2.05, 4.69) is 6.08 Å². The van der Waals surface area contributed by atoms with E-state index < -0.39 is 0 Å². The molecule has 0 bridgehead atoms. The van der Waals surface area contributed by atoms with Gasteiger partial charge in [0.1, 0.15) is 5.78 Å². The van der Waals surface area contributed by atoms with Crippen molar-refractivity contribution in [3.8, 4) is 0 Å². The van der Waals surface area contributed by atoms with Crippen molar-refractivity contribution in [3.63, 3.8) is 0 Å². The first-order valence-corrected chi connectivity index (χ1v) is 8.58. The van der Waals surface area contributed by atoms with E-state index in [-0.39, 0.29) is 23.6 Å². The summed E-state index contributed by atoms with van der Waals surface area (Å²) in [7, 11) is 0. The largest absolute Gasteiger partial charge is 0.466 e. The Morgan fingerprint density at radius 1 is 1.17 bits per heavy atom. The van der Waals surface area contributed by atoms with E-state index in [9.17, 15) is 9.59 Å². The molecule has 1 aliphatic rings. The van der Waals surface area contributed by atoms with E-state index in [4.69, 9.17) is 9.47 Å². The van der Waals surface area contributed by atoms with E-state index in [1.165, 1.54) is 5.57 Å². The molecule has 0 heterocycles. The maximum Gasteiger partial charge on any atom is 0.309 e. The smallest absolute Gasteiger partial charge is 0.309 e. The Balaban J connectivity index is 1.84. The van der Waals surface area contributed by atoms with Crippen LogP contribution in [0.25, 0.3) is 0 Å². The number of carbonyl (C=O) groups excluding carboxylic acids is 2. The van der Waals surface area contributed by atoms with E-state index in [0.717, 1.165) is 12.0 Å². The van der Waals surface area contributed by atoms with Crippen LogP contribution < -0.4 is 0 Å². The van der Waals surface area contributed by atoms with Crippen LogP contribution in [0.15, 0.2) is 42.0 Å². The van der Waals surface area contributed by atoms with Gasteiger partial charge in [0.05, 0.1) is 25.7 Å². The summed E-state index contributed by atoms with van der Waals surface area (Å²) in [5.74, 6) is -0.799. The van der Waals surface area contributed by atoms with Gasteiger partial charge in [-0.2, -0.15) is 0 Å². The van der Waals surface area contributed by atoms with Gasteiger partial charge in [-0.1, -0.05) is 42.0 Å². The molecule has 0 fully saturated rings. The number of Topliss-reactive ketones (excluding diaryl/α,β-unsaturated/α-hetero) is 1. The van der Waals surface area contributed by atoms with Crippen LogP contribution in [-0.2, 0) is 25.7 Å². The number of esters is 1.